The van der Waals surface area contributed by atoms with Crippen molar-refractivity contribution >= 4 is 12.2 Å². The summed E-state index contributed by atoms with van der Waals surface area (Å²) in [7, 11) is 0. The molecule has 132 valence electrons. The number of fused-ring (bicyclic) bond motifs is 3. The van der Waals surface area contributed by atoms with E-state index >= 15 is 0 Å². The maximum absolute atomic E-state index is 12.4. The molecule has 0 aromatic heterocycles. The van der Waals surface area contributed by atoms with Gasteiger partial charge < -0.3 is 9.94 Å². The number of carbonyl (C=O) groups is 1. The Bertz CT molecular complexity index is 600. The van der Waals surface area contributed by atoms with Crippen LogP contribution in [0.4, 0.5) is 0 Å². The predicted molar refractivity (Wildman–Crippen MR) is 91.8 cm³/mol. The van der Waals surface area contributed by atoms with Gasteiger partial charge in [0, 0.05) is 12.1 Å². The van der Waals surface area contributed by atoms with Gasteiger partial charge in [0.05, 0.1) is 5.92 Å². The summed E-state index contributed by atoms with van der Waals surface area (Å²) in [5.74, 6) is 1.11. The van der Waals surface area contributed by atoms with E-state index in [1.165, 1.54) is 5.57 Å². The van der Waals surface area contributed by atoms with Gasteiger partial charge in [-0.05, 0) is 67.6 Å². The van der Waals surface area contributed by atoms with Crippen molar-refractivity contribution in [2.75, 3.05) is 0 Å². The lowest BCUT2D eigenvalue weighted by atomic mass is 9.50. The molecule has 1 N–H and O–H groups in total. The molecular weight excluding hydrogens is 302 g/mol. The highest BCUT2D eigenvalue weighted by molar-refractivity contribution is 5.76. The third kappa shape index (κ3) is 2.04. The molecule has 0 aromatic rings. The fourth-order valence-corrected chi connectivity index (χ4v) is 6.62. The lowest BCUT2D eigenvalue weighted by Crippen LogP contribution is -2.50. The SMILES string of the molecule is C=C1CCC2C(C=NO)C([C@@]3(C)CC[C@H]4C[C@@H]3C(=O)O4)CCC12C. The van der Waals surface area contributed by atoms with Crippen molar-refractivity contribution in [1.82, 2.24) is 0 Å². The molecule has 7 atom stereocenters. The van der Waals surface area contributed by atoms with Gasteiger partial charge in [-0.25, -0.2) is 0 Å². The molecule has 0 aromatic carbocycles. The zero-order valence-corrected chi connectivity index (χ0v) is 14.8. The Morgan fingerprint density at radius 3 is 2.79 bits per heavy atom. The summed E-state index contributed by atoms with van der Waals surface area (Å²) in [4.78, 5) is 12.4. The quantitative estimate of drug-likeness (QED) is 0.271. The molecule has 0 radical (unpaired) electrons. The van der Waals surface area contributed by atoms with Crippen molar-refractivity contribution in [1.29, 1.82) is 0 Å². The molecule has 4 rings (SSSR count). The zero-order valence-electron chi connectivity index (χ0n) is 14.8. The molecule has 1 saturated heterocycles. The van der Waals surface area contributed by atoms with Gasteiger partial charge in [0.2, 0.25) is 0 Å². The molecule has 24 heavy (non-hydrogen) atoms. The van der Waals surface area contributed by atoms with Gasteiger partial charge in [-0.2, -0.15) is 0 Å². The smallest absolute Gasteiger partial charge is 0.309 e. The topological polar surface area (TPSA) is 58.9 Å². The summed E-state index contributed by atoms with van der Waals surface area (Å²) in [6.07, 6.45) is 9.22. The highest BCUT2D eigenvalue weighted by Gasteiger charge is 2.60. The third-order valence-electron chi connectivity index (χ3n) is 8.24. The first-order chi connectivity index (χ1) is 11.4. The Hall–Kier alpha value is -1.32. The Morgan fingerprint density at radius 2 is 2.04 bits per heavy atom. The average Bonchev–Trinajstić information content (AvgIpc) is 3.03. The van der Waals surface area contributed by atoms with Crippen LogP contribution in [0, 0.1) is 34.5 Å². The van der Waals surface area contributed by atoms with Gasteiger partial charge >= 0.3 is 5.97 Å². The van der Waals surface area contributed by atoms with Crippen LogP contribution in [-0.4, -0.2) is 23.5 Å². The Morgan fingerprint density at radius 1 is 1.25 bits per heavy atom. The van der Waals surface area contributed by atoms with Gasteiger partial charge in [0.25, 0.3) is 0 Å². The largest absolute Gasteiger partial charge is 0.462 e. The number of ether oxygens (including phenoxy) is 1. The van der Waals surface area contributed by atoms with E-state index < -0.39 is 0 Å². The summed E-state index contributed by atoms with van der Waals surface area (Å²) >= 11 is 0. The second kappa shape index (κ2) is 5.34. The molecule has 0 amide bonds. The first kappa shape index (κ1) is 16.2. The molecule has 4 nitrogen and oxygen atoms in total. The normalized spacial score (nSPS) is 51.0. The van der Waals surface area contributed by atoms with Crippen LogP contribution < -0.4 is 0 Å². The van der Waals surface area contributed by atoms with E-state index in [1.54, 1.807) is 6.21 Å². The van der Waals surface area contributed by atoms with Crippen molar-refractivity contribution in [2.45, 2.75) is 64.9 Å². The highest BCUT2D eigenvalue weighted by Crippen LogP contribution is 2.64. The van der Waals surface area contributed by atoms with E-state index in [-0.39, 0.29) is 34.7 Å². The van der Waals surface area contributed by atoms with Crippen LogP contribution in [0.15, 0.2) is 17.3 Å². The Balaban J connectivity index is 1.70. The zero-order chi connectivity index (χ0) is 17.1. The number of hydrogen-bond donors (Lipinski definition) is 1. The van der Waals surface area contributed by atoms with Gasteiger partial charge in [0.15, 0.2) is 0 Å². The van der Waals surface area contributed by atoms with E-state index in [2.05, 4.69) is 25.6 Å². The maximum Gasteiger partial charge on any atom is 0.309 e. The molecule has 4 heteroatoms. The van der Waals surface area contributed by atoms with Crippen LogP contribution in [0.3, 0.4) is 0 Å². The minimum atomic E-state index is -0.0405. The van der Waals surface area contributed by atoms with Crippen LogP contribution in [0.5, 0.6) is 0 Å². The molecule has 1 aliphatic heterocycles. The van der Waals surface area contributed by atoms with Gasteiger partial charge in [-0.1, -0.05) is 26.0 Å². The number of allylic oxidation sites excluding steroid dienone is 1. The number of nitrogens with zero attached hydrogens (tertiary/aromatic N) is 1. The lowest BCUT2D eigenvalue weighted by molar-refractivity contribution is -0.146. The van der Waals surface area contributed by atoms with E-state index in [0.29, 0.717) is 11.8 Å². The van der Waals surface area contributed by atoms with Crippen LogP contribution in [-0.2, 0) is 9.53 Å². The third-order valence-corrected chi connectivity index (χ3v) is 8.24. The summed E-state index contributed by atoms with van der Waals surface area (Å²) in [6, 6.07) is 0. The number of rotatable bonds is 2. The summed E-state index contributed by atoms with van der Waals surface area (Å²) in [5.41, 5.74) is 1.48. The Kier molecular flexibility index (Phi) is 3.59. The molecule has 3 saturated carbocycles. The maximum atomic E-state index is 12.4. The summed E-state index contributed by atoms with van der Waals surface area (Å²) in [6.45, 7) is 8.95. The number of esters is 1. The molecule has 4 fully saturated rings. The van der Waals surface area contributed by atoms with E-state index in [9.17, 15) is 10.0 Å². The van der Waals surface area contributed by atoms with Crippen molar-refractivity contribution in [3.63, 3.8) is 0 Å². The van der Waals surface area contributed by atoms with Crippen molar-refractivity contribution < 1.29 is 14.7 Å². The van der Waals surface area contributed by atoms with E-state index in [4.69, 9.17) is 4.74 Å². The molecule has 1 heterocycles. The van der Waals surface area contributed by atoms with Gasteiger partial charge in [0.1, 0.15) is 6.10 Å². The minimum absolute atomic E-state index is 0.00357. The van der Waals surface area contributed by atoms with Crippen molar-refractivity contribution in [3.05, 3.63) is 12.2 Å². The first-order valence-electron chi connectivity index (χ1n) is 9.46. The predicted octanol–water partition coefficient (Wildman–Crippen LogP) is 4.18. The van der Waals surface area contributed by atoms with Crippen molar-refractivity contribution in [2.24, 2.45) is 39.7 Å². The Labute approximate surface area is 144 Å². The fourth-order valence-electron chi connectivity index (χ4n) is 6.62. The molecular formula is C20H29NO3. The van der Waals surface area contributed by atoms with Crippen LogP contribution >= 0.6 is 0 Å². The lowest BCUT2D eigenvalue weighted by Gasteiger charge is -2.53. The minimum Gasteiger partial charge on any atom is -0.462 e. The molecule has 2 bridgehead atoms. The van der Waals surface area contributed by atoms with Crippen LogP contribution in [0.2, 0.25) is 0 Å². The number of oxime groups is 1. The summed E-state index contributed by atoms with van der Waals surface area (Å²) in [5, 5.41) is 12.8. The first-order valence-corrected chi connectivity index (χ1v) is 9.46. The fraction of sp³-hybridized carbons (Fsp3) is 0.800. The summed E-state index contributed by atoms with van der Waals surface area (Å²) < 4.78 is 5.55. The van der Waals surface area contributed by atoms with E-state index in [1.807, 2.05) is 0 Å². The second-order valence-corrected chi connectivity index (χ2v) is 9.04. The van der Waals surface area contributed by atoms with Gasteiger partial charge in [-0.3, -0.25) is 4.79 Å². The second-order valence-electron chi connectivity index (χ2n) is 9.04. The monoisotopic (exact) mass is 331 g/mol. The molecule has 4 aliphatic rings. The van der Waals surface area contributed by atoms with Gasteiger partial charge in [-0.15, -0.1) is 5.16 Å². The number of carbonyl (C=O) groups excluding carboxylic acids is 1. The average molecular weight is 331 g/mol. The highest BCUT2D eigenvalue weighted by atomic mass is 16.6. The standard InChI is InChI=1S/C20H29NO3/c1-12-4-5-15-14(11-21-23)16(7-9-19(12,15)2)20(3)8-6-13-10-17(20)18(22)24-13/h11,13-17,23H,1,4-10H2,2-3H3/t13-,14?,15?,16?,17+,19?,20+/m0/s1. The molecule has 0 spiro atoms. The molecule has 3 aliphatic carbocycles. The van der Waals surface area contributed by atoms with Crippen LogP contribution in [0.25, 0.3) is 0 Å². The van der Waals surface area contributed by atoms with Crippen molar-refractivity contribution in [3.8, 4) is 0 Å². The number of hydrogen-bond acceptors (Lipinski definition) is 4. The van der Waals surface area contributed by atoms with E-state index in [0.717, 1.165) is 44.9 Å². The van der Waals surface area contributed by atoms with Crippen LogP contribution in [0.1, 0.15) is 58.8 Å². The molecule has 4 unspecified atom stereocenters.